The molecule has 2 aromatic carbocycles. The number of benzene rings is 2. The number of hydrogen-bond donors (Lipinski definition) is 0. The fraction of sp³-hybridized carbons (Fsp3) is 0.318. The van der Waals surface area contributed by atoms with E-state index in [-0.39, 0.29) is 17.7 Å². The van der Waals surface area contributed by atoms with Crippen molar-refractivity contribution in [3.8, 4) is 0 Å². The van der Waals surface area contributed by atoms with Gasteiger partial charge in [0.25, 0.3) is 0 Å². The number of hydrogen-bond acceptors (Lipinski definition) is 4. The maximum absolute atomic E-state index is 14.2. The average molecular weight is 381 g/mol. The number of pyridine rings is 1. The van der Waals surface area contributed by atoms with Crippen molar-refractivity contribution in [2.75, 3.05) is 31.1 Å². The molecule has 0 aliphatic carbocycles. The van der Waals surface area contributed by atoms with Crippen molar-refractivity contribution in [2.24, 2.45) is 0 Å². The molecule has 3 aromatic rings. The molecule has 6 heteroatoms. The number of rotatable bonds is 3. The van der Waals surface area contributed by atoms with Gasteiger partial charge in [0.2, 0.25) is 0 Å². The van der Waals surface area contributed by atoms with Gasteiger partial charge in [-0.05, 0) is 17.7 Å². The smallest absolute Gasteiger partial charge is 0.152 e. The van der Waals surface area contributed by atoms with Crippen molar-refractivity contribution in [3.63, 3.8) is 0 Å². The Kier molecular flexibility index (Phi) is 4.45. The molecule has 0 radical (unpaired) electrons. The number of fused-ring (bicyclic) bond motifs is 2. The second-order valence-electron chi connectivity index (χ2n) is 7.45. The minimum absolute atomic E-state index is 0.0825. The molecule has 2 fully saturated rings. The lowest BCUT2D eigenvalue weighted by Crippen LogP contribution is -2.50. The van der Waals surface area contributed by atoms with Crippen molar-refractivity contribution in [3.05, 3.63) is 71.9 Å². The predicted octanol–water partition coefficient (Wildman–Crippen LogP) is 3.60. The first-order valence-corrected chi connectivity index (χ1v) is 9.57. The lowest BCUT2D eigenvalue weighted by molar-refractivity contribution is -0.0499. The molecule has 1 aromatic heterocycles. The summed E-state index contributed by atoms with van der Waals surface area (Å²) >= 11 is 0. The molecule has 5 rings (SSSR count). The summed E-state index contributed by atoms with van der Waals surface area (Å²) in [6.45, 7) is 3.91. The molecule has 3 heterocycles. The number of nitrogens with zero attached hydrogens (tertiary/aromatic N) is 3. The Morgan fingerprint density at radius 2 is 1.93 bits per heavy atom. The normalized spacial score (nSPS) is 22.6. The van der Waals surface area contributed by atoms with Gasteiger partial charge in [0, 0.05) is 49.5 Å². The van der Waals surface area contributed by atoms with Crippen LogP contribution >= 0.6 is 0 Å². The maximum Gasteiger partial charge on any atom is 0.152 e. The van der Waals surface area contributed by atoms with Gasteiger partial charge in [0.05, 0.1) is 18.8 Å². The molecule has 0 N–H and O–H groups in total. The second kappa shape index (κ2) is 7.11. The number of ether oxygens (including phenoxy) is 1. The SMILES string of the molecule is Fc1cc(F)c2nccc(N3CC4OCCN(Cc5ccccc5)C4C3)c2c1. The summed E-state index contributed by atoms with van der Waals surface area (Å²) in [6, 6.07) is 14.7. The number of aromatic nitrogens is 1. The first kappa shape index (κ1) is 17.5. The van der Waals surface area contributed by atoms with Gasteiger partial charge in [0.1, 0.15) is 11.3 Å². The van der Waals surface area contributed by atoms with Gasteiger partial charge in [-0.1, -0.05) is 30.3 Å². The highest BCUT2D eigenvalue weighted by atomic mass is 19.1. The Balaban J connectivity index is 1.44. The summed E-state index contributed by atoms with van der Waals surface area (Å²) in [5.41, 5.74) is 2.29. The van der Waals surface area contributed by atoms with Crippen molar-refractivity contribution in [2.45, 2.75) is 18.7 Å². The first-order valence-electron chi connectivity index (χ1n) is 9.57. The molecule has 144 valence electrons. The highest BCUT2D eigenvalue weighted by Gasteiger charge is 2.40. The largest absolute Gasteiger partial charge is 0.373 e. The van der Waals surface area contributed by atoms with Crippen molar-refractivity contribution in [1.82, 2.24) is 9.88 Å². The molecule has 0 bridgehead atoms. The van der Waals surface area contributed by atoms with E-state index in [1.165, 1.54) is 11.6 Å². The lowest BCUT2D eigenvalue weighted by Gasteiger charge is -2.36. The van der Waals surface area contributed by atoms with Crippen LogP contribution in [0.25, 0.3) is 10.9 Å². The van der Waals surface area contributed by atoms with Crippen LogP contribution in [0.15, 0.2) is 54.7 Å². The van der Waals surface area contributed by atoms with Gasteiger partial charge >= 0.3 is 0 Å². The number of halogens is 2. The zero-order chi connectivity index (χ0) is 19.1. The van der Waals surface area contributed by atoms with Gasteiger partial charge in [-0.15, -0.1) is 0 Å². The van der Waals surface area contributed by atoms with Crippen LogP contribution in [0.5, 0.6) is 0 Å². The van der Waals surface area contributed by atoms with E-state index in [0.29, 0.717) is 18.5 Å². The zero-order valence-electron chi connectivity index (χ0n) is 15.4. The number of morpholine rings is 1. The molecule has 0 spiro atoms. The average Bonchev–Trinajstić information content (AvgIpc) is 3.13. The van der Waals surface area contributed by atoms with Crippen LogP contribution in [0, 0.1) is 11.6 Å². The van der Waals surface area contributed by atoms with Gasteiger partial charge in [-0.3, -0.25) is 9.88 Å². The van der Waals surface area contributed by atoms with Gasteiger partial charge in [-0.25, -0.2) is 8.78 Å². The van der Waals surface area contributed by atoms with E-state index in [4.69, 9.17) is 4.74 Å². The van der Waals surface area contributed by atoms with E-state index in [1.54, 1.807) is 6.20 Å². The van der Waals surface area contributed by atoms with Crippen LogP contribution in [0.1, 0.15) is 5.56 Å². The summed E-state index contributed by atoms with van der Waals surface area (Å²) < 4.78 is 34.0. The summed E-state index contributed by atoms with van der Waals surface area (Å²) in [5, 5.41) is 0.508. The standard InChI is InChI=1S/C22H21F2N3O/c23-16-10-17-19(6-7-25-22(17)18(24)11-16)27-13-20-21(14-27)28-9-8-26(20)12-15-4-2-1-3-5-15/h1-7,10-11,20-21H,8-9,12-14H2. The van der Waals surface area contributed by atoms with Crippen molar-refractivity contribution >= 4 is 16.6 Å². The minimum atomic E-state index is -0.629. The Hall–Kier alpha value is -2.57. The summed E-state index contributed by atoms with van der Waals surface area (Å²) in [4.78, 5) is 8.73. The second-order valence-corrected chi connectivity index (χ2v) is 7.45. The maximum atomic E-state index is 14.2. The van der Waals surface area contributed by atoms with Crippen molar-refractivity contribution < 1.29 is 13.5 Å². The zero-order valence-corrected chi connectivity index (χ0v) is 15.4. The van der Waals surface area contributed by atoms with Crippen LogP contribution < -0.4 is 4.90 Å². The third kappa shape index (κ3) is 3.12. The topological polar surface area (TPSA) is 28.6 Å². The quantitative estimate of drug-likeness (QED) is 0.693. The first-order chi connectivity index (χ1) is 13.7. The van der Waals surface area contributed by atoms with E-state index in [2.05, 4.69) is 39.0 Å². The fourth-order valence-corrected chi connectivity index (χ4v) is 4.41. The fourth-order valence-electron chi connectivity index (χ4n) is 4.41. The molecule has 28 heavy (non-hydrogen) atoms. The third-order valence-electron chi connectivity index (χ3n) is 5.73. The van der Waals surface area contributed by atoms with E-state index in [9.17, 15) is 8.78 Å². The third-order valence-corrected chi connectivity index (χ3v) is 5.73. The van der Waals surface area contributed by atoms with E-state index in [0.717, 1.165) is 31.4 Å². The monoisotopic (exact) mass is 381 g/mol. The van der Waals surface area contributed by atoms with Gasteiger partial charge in [0.15, 0.2) is 5.82 Å². The van der Waals surface area contributed by atoms with Crippen molar-refractivity contribution in [1.29, 1.82) is 0 Å². The highest BCUT2D eigenvalue weighted by molar-refractivity contribution is 5.92. The Bertz CT molecular complexity index is 998. The molecule has 2 aliphatic heterocycles. The lowest BCUT2D eigenvalue weighted by atomic mass is 10.1. The summed E-state index contributed by atoms with van der Waals surface area (Å²) in [5.74, 6) is -1.21. The van der Waals surface area contributed by atoms with Gasteiger partial charge in [-0.2, -0.15) is 0 Å². The predicted molar refractivity (Wildman–Crippen MR) is 104 cm³/mol. The van der Waals surface area contributed by atoms with Crippen LogP contribution in [-0.4, -0.2) is 48.3 Å². The van der Waals surface area contributed by atoms with Crippen LogP contribution in [0.2, 0.25) is 0 Å². The molecule has 2 saturated heterocycles. The van der Waals surface area contributed by atoms with Crippen LogP contribution in [-0.2, 0) is 11.3 Å². The van der Waals surface area contributed by atoms with E-state index >= 15 is 0 Å². The molecule has 4 nitrogen and oxygen atoms in total. The van der Waals surface area contributed by atoms with E-state index in [1.807, 2.05) is 12.1 Å². The Morgan fingerprint density at radius 1 is 1.07 bits per heavy atom. The molecule has 2 unspecified atom stereocenters. The number of anilines is 1. The molecule has 0 saturated carbocycles. The molecular formula is C22H21F2N3O. The summed E-state index contributed by atoms with van der Waals surface area (Å²) in [7, 11) is 0. The molecule has 2 aliphatic rings. The summed E-state index contributed by atoms with van der Waals surface area (Å²) in [6.07, 6.45) is 1.67. The van der Waals surface area contributed by atoms with Crippen LogP contribution in [0.4, 0.5) is 14.5 Å². The molecule has 2 atom stereocenters. The minimum Gasteiger partial charge on any atom is -0.373 e. The van der Waals surface area contributed by atoms with E-state index < -0.39 is 11.6 Å². The van der Waals surface area contributed by atoms with Gasteiger partial charge < -0.3 is 9.64 Å². The van der Waals surface area contributed by atoms with Crippen LogP contribution in [0.3, 0.4) is 0 Å². The molecular weight excluding hydrogens is 360 g/mol. The highest BCUT2D eigenvalue weighted by Crippen LogP contribution is 2.33. The Labute approximate surface area is 162 Å². The molecule has 0 amide bonds. The Morgan fingerprint density at radius 3 is 2.79 bits per heavy atom.